The van der Waals surface area contributed by atoms with Gasteiger partial charge in [-0.05, 0) is 44.2 Å². The number of hydrogen-bond acceptors (Lipinski definition) is 3. The summed E-state index contributed by atoms with van der Waals surface area (Å²) in [6.45, 7) is 0. The van der Waals surface area contributed by atoms with E-state index in [0.717, 1.165) is 31.2 Å². The zero-order valence-corrected chi connectivity index (χ0v) is 15.6. The number of rotatable bonds is 5. The van der Waals surface area contributed by atoms with Crippen molar-refractivity contribution in [1.29, 1.82) is 0 Å². The highest BCUT2D eigenvalue weighted by Gasteiger charge is 2.26. The highest BCUT2D eigenvalue weighted by molar-refractivity contribution is 5.85. The normalized spacial score (nSPS) is 21.2. The molecule has 1 saturated carbocycles. The van der Waals surface area contributed by atoms with E-state index in [1.807, 2.05) is 20.3 Å². The molecule has 1 aliphatic carbocycles. The molecule has 1 aromatic carbocycles. The molecule has 136 valence electrons. The zero-order valence-electron chi connectivity index (χ0n) is 14.8. The van der Waals surface area contributed by atoms with Crippen molar-refractivity contribution in [2.75, 3.05) is 7.05 Å². The van der Waals surface area contributed by atoms with Gasteiger partial charge in [-0.1, -0.05) is 30.3 Å². The number of halogens is 1. The molecular weight excluding hydrogens is 336 g/mol. The maximum absolute atomic E-state index is 12.6. The molecule has 1 heterocycles. The van der Waals surface area contributed by atoms with E-state index in [1.165, 1.54) is 5.56 Å². The number of carbonyl (C=O) groups is 1. The number of nitrogens with zero attached hydrogens (tertiary/aromatic N) is 2. The number of aryl methyl sites for hydroxylation is 1. The van der Waals surface area contributed by atoms with Crippen molar-refractivity contribution in [1.82, 2.24) is 20.4 Å². The average molecular weight is 363 g/mol. The van der Waals surface area contributed by atoms with Crippen molar-refractivity contribution >= 4 is 18.3 Å². The summed E-state index contributed by atoms with van der Waals surface area (Å²) < 4.78 is 1.72. The van der Waals surface area contributed by atoms with Gasteiger partial charge >= 0.3 is 0 Å². The van der Waals surface area contributed by atoms with Gasteiger partial charge in [-0.15, -0.1) is 12.4 Å². The van der Waals surface area contributed by atoms with Gasteiger partial charge in [0.25, 0.3) is 0 Å². The van der Waals surface area contributed by atoms with Crippen molar-refractivity contribution in [2.45, 2.75) is 43.7 Å². The Balaban J connectivity index is 0.00000225. The van der Waals surface area contributed by atoms with Gasteiger partial charge in [-0.2, -0.15) is 5.10 Å². The van der Waals surface area contributed by atoms with E-state index in [9.17, 15) is 4.79 Å². The number of likely N-dealkylation sites (N-methyl/N-ethyl adjacent to an activating group) is 1. The molecule has 0 aliphatic heterocycles. The molecule has 1 atom stereocenters. The van der Waals surface area contributed by atoms with Crippen molar-refractivity contribution in [2.24, 2.45) is 7.05 Å². The molecule has 6 heteroatoms. The second-order valence-electron chi connectivity index (χ2n) is 6.64. The number of benzene rings is 1. The van der Waals surface area contributed by atoms with E-state index in [4.69, 9.17) is 0 Å². The lowest BCUT2D eigenvalue weighted by Crippen LogP contribution is -2.43. The average Bonchev–Trinajstić information content (AvgIpc) is 3.03. The Hall–Kier alpha value is -1.85. The maximum Gasteiger partial charge on any atom is 0.242 e. The van der Waals surface area contributed by atoms with Gasteiger partial charge in [0.2, 0.25) is 5.91 Å². The Labute approximate surface area is 155 Å². The first-order valence-corrected chi connectivity index (χ1v) is 8.68. The van der Waals surface area contributed by atoms with Crippen LogP contribution in [0.25, 0.3) is 0 Å². The molecule has 0 saturated heterocycles. The Bertz CT molecular complexity index is 665. The summed E-state index contributed by atoms with van der Waals surface area (Å²) in [5.74, 6) is 0.659. The van der Waals surface area contributed by atoms with Crippen LogP contribution in [-0.4, -0.2) is 28.8 Å². The smallest absolute Gasteiger partial charge is 0.242 e. The lowest BCUT2D eigenvalue weighted by molar-refractivity contribution is -0.124. The summed E-state index contributed by atoms with van der Waals surface area (Å²) >= 11 is 0. The Kier molecular flexibility index (Phi) is 7.02. The van der Waals surface area contributed by atoms with Crippen LogP contribution in [0.4, 0.5) is 0 Å². The maximum atomic E-state index is 12.6. The molecule has 1 aliphatic rings. The Morgan fingerprint density at radius 3 is 2.44 bits per heavy atom. The molecule has 3 rings (SSSR count). The number of nitrogens with one attached hydrogen (secondary N) is 2. The van der Waals surface area contributed by atoms with Gasteiger partial charge in [-0.25, -0.2) is 0 Å². The first-order valence-electron chi connectivity index (χ1n) is 8.68. The summed E-state index contributed by atoms with van der Waals surface area (Å²) in [7, 11) is 3.67. The number of aromatic nitrogens is 2. The van der Waals surface area contributed by atoms with E-state index < -0.39 is 0 Å². The lowest BCUT2D eigenvalue weighted by atomic mass is 9.81. The fourth-order valence-electron chi connectivity index (χ4n) is 3.62. The van der Waals surface area contributed by atoms with E-state index in [-0.39, 0.29) is 30.4 Å². The Morgan fingerprint density at radius 1 is 1.20 bits per heavy atom. The van der Waals surface area contributed by atoms with Crippen LogP contribution < -0.4 is 10.6 Å². The van der Waals surface area contributed by atoms with Crippen molar-refractivity contribution in [3.8, 4) is 0 Å². The largest absolute Gasteiger partial charge is 0.352 e. The second kappa shape index (κ2) is 9.02. The minimum atomic E-state index is -0.342. The molecule has 0 spiro atoms. The summed E-state index contributed by atoms with van der Waals surface area (Å²) in [4.78, 5) is 12.6. The fraction of sp³-hybridized carbons (Fsp3) is 0.474. The van der Waals surface area contributed by atoms with E-state index in [1.54, 1.807) is 10.9 Å². The molecule has 5 nitrogen and oxygen atoms in total. The summed E-state index contributed by atoms with van der Waals surface area (Å²) in [5.41, 5.74) is 2.32. The van der Waals surface area contributed by atoms with Crippen LogP contribution in [0, 0.1) is 0 Å². The summed E-state index contributed by atoms with van der Waals surface area (Å²) in [6, 6.07) is 10.6. The van der Waals surface area contributed by atoms with Gasteiger partial charge < -0.3 is 10.6 Å². The van der Waals surface area contributed by atoms with Gasteiger partial charge in [0.15, 0.2) is 0 Å². The quantitative estimate of drug-likeness (QED) is 0.859. The molecule has 0 bridgehead atoms. The number of carbonyl (C=O) groups excluding carboxylic acids is 1. The molecule has 2 aromatic rings. The molecule has 25 heavy (non-hydrogen) atoms. The molecule has 1 amide bonds. The summed E-state index contributed by atoms with van der Waals surface area (Å²) in [5, 5.41) is 10.5. The van der Waals surface area contributed by atoms with Gasteiger partial charge in [0, 0.05) is 24.8 Å². The first kappa shape index (κ1) is 19.5. The van der Waals surface area contributed by atoms with Crippen LogP contribution in [0.2, 0.25) is 0 Å². The van der Waals surface area contributed by atoms with E-state index >= 15 is 0 Å². The lowest BCUT2D eigenvalue weighted by Gasteiger charge is -2.30. The van der Waals surface area contributed by atoms with Crippen LogP contribution >= 0.6 is 12.4 Å². The predicted octanol–water partition coefficient (Wildman–Crippen LogP) is 2.95. The Morgan fingerprint density at radius 2 is 1.88 bits per heavy atom. The second-order valence-corrected chi connectivity index (χ2v) is 6.64. The van der Waals surface area contributed by atoms with Crippen molar-refractivity contribution in [3.05, 3.63) is 53.9 Å². The fourth-order valence-corrected chi connectivity index (χ4v) is 3.62. The number of hydrogen-bond donors (Lipinski definition) is 2. The molecule has 0 radical (unpaired) electrons. The van der Waals surface area contributed by atoms with Crippen LogP contribution in [0.3, 0.4) is 0 Å². The van der Waals surface area contributed by atoms with E-state index in [0.29, 0.717) is 5.92 Å². The zero-order chi connectivity index (χ0) is 16.9. The topological polar surface area (TPSA) is 59.0 Å². The molecule has 1 fully saturated rings. The third kappa shape index (κ3) is 4.83. The van der Waals surface area contributed by atoms with Gasteiger partial charge in [0.1, 0.15) is 6.04 Å². The number of amides is 1. The van der Waals surface area contributed by atoms with E-state index in [2.05, 4.69) is 46.1 Å². The molecule has 2 N–H and O–H groups in total. The summed E-state index contributed by atoms with van der Waals surface area (Å²) in [6.07, 6.45) is 7.96. The van der Waals surface area contributed by atoms with Crippen LogP contribution in [0.5, 0.6) is 0 Å². The predicted molar refractivity (Wildman–Crippen MR) is 102 cm³/mol. The highest BCUT2D eigenvalue weighted by Crippen LogP contribution is 2.32. The van der Waals surface area contributed by atoms with Gasteiger partial charge in [0.05, 0.1) is 6.20 Å². The van der Waals surface area contributed by atoms with Crippen molar-refractivity contribution < 1.29 is 4.79 Å². The van der Waals surface area contributed by atoms with Crippen LogP contribution in [0.1, 0.15) is 48.8 Å². The SMILES string of the molecule is CNC(C(=O)NC1CCC(c2ccccc2)CC1)c1cnn(C)c1.Cl. The first-order chi connectivity index (χ1) is 11.7. The van der Waals surface area contributed by atoms with Crippen LogP contribution in [-0.2, 0) is 11.8 Å². The third-order valence-corrected chi connectivity index (χ3v) is 4.95. The third-order valence-electron chi connectivity index (χ3n) is 4.95. The minimum absolute atomic E-state index is 0. The van der Waals surface area contributed by atoms with Crippen LogP contribution in [0.15, 0.2) is 42.7 Å². The minimum Gasteiger partial charge on any atom is -0.352 e. The highest BCUT2D eigenvalue weighted by atomic mass is 35.5. The van der Waals surface area contributed by atoms with Gasteiger partial charge in [-0.3, -0.25) is 9.48 Å². The molecule has 1 unspecified atom stereocenters. The standard InChI is InChI=1S/C19H26N4O.ClH/c1-20-18(16-12-21-23(2)13-16)19(24)22-17-10-8-15(9-11-17)14-6-4-3-5-7-14;/h3-7,12-13,15,17-18,20H,8-11H2,1-2H3,(H,22,24);1H. The molecule has 1 aromatic heterocycles. The van der Waals surface area contributed by atoms with Crippen molar-refractivity contribution in [3.63, 3.8) is 0 Å². The molecular formula is C19H27ClN4O. The monoisotopic (exact) mass is 362 g/mol.